The number of urea groups is 1. The molecule has 0 radical (unpaired) electrons. The minimum atomic E-state index is -1.15. The highest BCUT2D eigenvalue weighted by Crippen LogP contribution is 2.40. The summed E-state index contributed by atoms with van der Waals surface area (Å²) in [4.78, 5) is 41.4. The number of Topliss-reactive ketones (excluding diaryl/α,β-unsaturated/α-hetero) is 1. The van der Waals surface area contributed by atoms with Gasteiger partial charge in [-0.15, -0.1) is 0 Å². The van der Waals surface area contributed by atoms with Gasteiger partial charge in [-0.25, -0.2) is 4.79 Å². The molecule has 7 heteroatoms. The lowest BCUT2D eigenvalue weighted by atomic mass is 9.84. The van der Waals surface area contributed by atoms with Crippen LogP contribution in [0.15, 0.2) is 42.6 Å². The number of nitrogens with one attached hydrogen (secondary N) is 2. The minimum Gasteiger partial charge on any atom is -0.493 e. The summed E-state index contributed by atoms with van der Waals surface area (Å²) in [6, 6.07) is 9.88. The number of hydrogen-bond acceptors (Lipinski definition) is 4. The molecule has 0 bridgehead atoms. The van der Waals surface area contributed by atoms with Crippen LogP contribution in [0.4, 0.5) is 4.79 Å². The van der Waals surface area contributed by atoms with Gasteiger partial charge in [-0.2, -0.15) is 0 Å². The van der Waals surface area contributed by atoms with Gasteiger partial charge in [0.2, 0.25) is 0 Å². The monoisotopic (exact) mass is 325 g/mol. The van der Waals surface area contributed by atoms with Crippen LogP contribution in [-0.2, 0) is 10.3 Å². The number of ketones is 1. The lowest BCUT2D eigenvalue weighted by molar-refractivity contribution is -0.132. The standard InChI is InChI=1S/C17H15N3O4/c21-13(12-5-3-8-18-12)10-20-15(22)17(19-16(20)23)7-9-24-14-6-2-1-4-11(14)17/h1-6,8,18H,7,9-10H2,(H,19,23)/t17-/m0/s1. The molecule has 0 aliphatic carbocycles. The fourth-order valence-corrected chi connectivity index (χ4v) is 3.25. The maximum absolute atomic E-state index is 13.0. The molecule has 24 heavy (non-hydrogen) atoms. The number of aromatic nitrogens is 1. The highest BCUT2D eigenvalue weighted by molar-refractivity contribution is 6.11. The second-order valence-corrected chi connectivity index (χ2v) is 5.83. The van der Waals surface area contributed by atoms with Crippen LogP contribution >= 0.6 is 0 Å². The molecule has 1 atom stereocenters. The summed E-state index contributed by atoms with van der Waals surface area (Å²) in [5.41, 5.74) is -0.157. The Kier molecular flexibility index (Phi) is 3.16. The average molecular weight is 325 g/mol. The number of aromatic amines is 1. The predicted octanol–water partition coefficient (Wildman–Crippen LogP) is 1.43. The number of hydrogen-bond donors (Lipinski definition) is 2. The number of nitrogens with zero attached hydrogens (tertiary/aromatic N) is 1. The van der Waals surface area contributed by atoms with E-state index in [4.69, 9.17) is 4.74 Å². The van der Waals surface area contributed by atoms with Crippen molar-refractivity contribution in [3.63, 3.8) is 0 Å². The lowest BCUT2D eigenvalue weighted by Crippen LogP contribution is -2.47. The van der Waals surface area contributed by atoms with Gasteiger partial charge >= 0.3 is 6.03 Å². The van der Waals surface area contributed by atoms with E-state index in [1.54, 1.807) is 36.5 Å². The van der Waals surface area contributed by atoms with E-state index < -0.39 is 17.5 Å². The van der Waals surface area contributed by atoms with Crippen LogP contribution in [0.2, 0.25) is 0 Å². The van der Waals surface area contributed by atoms with Crippen LogP contribution < -0.4 is 10.1 Å². The van der Waals surface area contributed by atoms with Crippen LogP contribution in [-0.4, -0.2) is 40.8 Å². The summed E-state index contributed by atoms with van der Waals surface area (Å²) in [5.74, 6) is -0.154. The quantitative estimate of drug-likeness (QED) is 0.659. The number of carbonyl (C=O) groups is 3. The number of para-hydroxylation sites is 1. The Morgan fingerprint density at radius 3 is 2.83 bits per heavy atom. The van der Waals surface area contributed by atoms with Gasteiger partial charge in [0.25, 0.3) is 5.91 Å². The van der Waals surface area contributed by atoms with E-state index in [0.29, 0.717) is 30.0 Å². The van der Waals surface area contributed by atoms with Gasteiger partial charge in [-0.3, -0.25) is 14.5 Å². The molecule has 0 unspecified atom stereocenters. The Labute approximate surface area is 137 Å². The molecule has 122 valence electrons. The van der Waals surface area contributed by atoms with Crippen molar-refractivity contribution in [2.45, 2.75) is 12.0 Å². The first-order chi connectivity index (χ1) is 11.6. The summed E-state index contributed by atoms with van der Waals surface area (Å²) in [7, 11) is 0. The zero-order valence-electron chi connectivity index (χ0n) is 12.7. The minimum absolute atomic E-state index is 0.296. The maximum atomic E-state index is 13.0. The molecular weight excluding hydrogens is 310 g/mol. The number of benzene rings is 1. The van der Waals surface area contributed by atoms with Gasteiger partial charge in [0.1, 0.15) is 5.75 Å². The fourth-order valence-electron chi connectivity index (χ4n) is 3.25. The van der Waals surface area contributed by atoms with E-state index in [2.05, 4.69) is 10.3 Å². The van der Waals surface area contributed by atoms with Crippen molar-refractivity contribution in [1.29, 1.82) is 0 Å². The number of ether oxygens (including phenoxy) is 1. The second kappa shape index (κ2) is 5.23. The number of imide groups is 1. The van der Waals surface area contributed by atoms with Crippen molar-refractivity contribution in [2.75, 3.05) is 13.2 Å². The predicted molar refractivity (Wildman–Crippen MR) is 83.6 cm³/mol. The third kappa shape index (κ3) is 2.01. The van der Waals surface area contributed by atoms with Crippen LogP contribution in [0.1, 0.15) is 22.5 Å². The Morgan fingerprint density at radius 2 is 2.04 bits per heavy atom. The molecule has 1 fully saturated rings. The molecule has 2 N–H and O–H groups in total. The number of rotatable bonds is 3. The molecule has 3 heterocycles. The van der Waals surface area contributed by atoms with Gasteiger partial charge < -0.3 is 15.0 Å². The first-order valence-corrected chi connectivity index (χ1v) is 7.65. The summed E-state index contributed by atoms with van der Waals surface area (Å²) >= 11 is 0. The first kappa shape index (κ1) is 14.5. The second-order valence-electron chi connectivity index (χ2n) is 5.83. The molecule has 3 amide bonds. The van der Waals surface area contributed by atoms with Crippen LogP contribution in [0.3, 0.4) is 0 Å². The maximum Gasteiger partial charge on any atom is 0.325 e. The van der Waals surface area contributed by atoms with Crippen molar-refractivity contribution in [1.82, 2.24) is 15.2 Å². The molecule has 2 aromatic rings. The summed E-state index contributed by atoms with van der Waals surface area (Å²) in [6.45, 7) is 0.0252. The van der Waals surface area contributed by atoms with Crippen molar-refractivity contribution in [2.24, 2.45) is 0 Å². The molecule has 2 aliphatic rings. The van der Waals surface area contributed by atoms with Gasteiger partial charge in [0.15, 0.2) is 11.3 Å². The van der Waals surface area contributed by atoms with Crippen molar-refractivity contribution >= 4 is 17.7 Å². The van der Waals surface area contributed by atoms with E-state index >= 15 is 0 Å². The third-order valence-corrected chi connectivity index (χ3v) is 4.46. The topological polar surface area (TPSA) is 91.5 Å². The fraction of sp³-hybridized carbons (Fsp3) is 0.235. The number of carbonyl (C=O) groups excluding carboxylic acids is 3. The molecule has 1 saturated heterocycles. The zero-order chi connectivity index (χ0) is 16.7. The summed E-state index contributed by atoms with van der Waals surface area (Å²) in [6.07, 6.45) is 1.96. The Balaban J connectivity index is 1.66. The largest absolute Gasteiger partial charge is 0.493 e. The third-order valence-electron chi connectivity index (χ3n) is 4.46. The van der Waals surface area contributed by atoms with Gasteiger partial charge in [0, 0.05) is 18.2 Å². The SMILES string of the molecule is O=C(CN1C(=O)N[C@]2(CCOc3ccccc32)C1=O)c1ccc[nH]1. The molecule has 1 aromatic heterocycles. The molecular formula is C17H15N3O4. The normalized spacial score (nSPS) is 22.2. The smallest absolute Gasteiger partial charge is 0.325 e. The Bertz CT molecular complexity index is 830. The van der Waals surface area contributed by atoms with E-state index in [9.17, 15) is 14.4 Å². The van der Waals surface area contributed by atoms with Gasteiger partial charge in [-0.1, -0.05) is 18.2 Å². The lowest BCUT2D eigenvalue weighted by Gasteiger charge is -2.33. The highest BCUT2D eigenvalue weighted by atomic mass is 16.5. The zero-order valence-corrected chi connectivity index (χ0v) is 12.7. The number of fused-ring (bicyclic) bond motifs is 2. The number of H-pyrrole nitrogens is 1. The Hall–Kier alpha value is -3.09. The van der Waals surface area contributed by atoms with E-state index in [1.165, 1.54) is 0 Å². The van der Waals surface area contributed by atoms with E-state index in [0.717, 1.165) is 4.90 Å². The van der Waals surface area contributed by atoms with Crippen LogP contribution in [0.5, 0.6) is 5.75 Å². The molecule has 7 nitrogen and oxygen atoms in total. The Morgan fingerprint density at radius 1 is 1.21 bits per heavy atom. The van der Waals surface area contributed by atoms with Gasteiger partial charge in [-0.05, 0) is 18.2 Å². The first-order valence-electron chi connectivity index (χ1n) is 7.65. The molecule has 1 aromatic carbocycles. The molecule has 4 rings (SSSR count). The van der Waals surface area contributed by atoms with Gasteiger partial charge in [0.05, 0.1) is 18.8 Å². The molecule has 2 aliphatic heterocycles. The molecule has 1 spiro atoms. The van der Waals surface area contributed by atoms with Crippen molar-refractivity contribution in [3.05, 3.63) is 53.9 Å². The van der Waals surface area contributed by atoms with E-state index in [1.807, 2.05) is 6.07 Å². The van der Waals surface area contributed by atoms with Crippen LogP contribution in [0, 0.1) is 0 Å². The average Bonchev–Trinajstić information content (AvgIpc) is 3.20. The molecule has 0 saturated carbocycles. The number of amides is 3. The van der Waals surface area contributed by atoms with E-state index in [-0.39, 0.29) is 12.3 Å². The van der Waals surface area contributed by atoms with Crippen molar-refractivity contribution in [3.8, 4) is 5.75 Å². The van der Waals surface area contributed by atoms with Crippen molar-refractivity contribution < 1.29 is 19.1 Å². The summed E-state index contributed by atoms with van der Waals surface area (Å²) < 4.78 is 5.58. The van der Waals surface area contributed by atoms with Crippen LogP contribution in [0.25, 0.3) is 0 Å². The highest BCUT2D eigenvalue weighted by Gasteiger charge is 2.55. The summed E-state index contributed by atoms with van der Waals surface area (Å²) in [5, 5.41) is 2.77.